The summed E-state index contributed by atoms with van der Waals surface area (Å²) in [5.74, 6) is 1.33. The maximum absolute atomic E-state index is 13.3. The van der Waals surface area contributed by atoms with Gasteiger partial charge in [-0.1, -0.05) is 17.4 Å². The van der Waals surface area contributed by atoms with Crippen LogP contribution in [0.2, 0.25) is 0 Å². The van der Waals surface area contributed by atoms with Crippen LogP contribution in [-0.4, -0.2) is 68.2 Å². The summed E-state index contributed by atoms with van der Waals surface area (Å²) < 4.78 is 17.3. The first-order valence-electron chi connectivity index (χ1n) is 10.8. The monoisotopic (exact) mass is 519 g/mol. The smallest absolute Gasteiger partial charge is 0.252 e. The molecule has 180 valence electrons. The average molecular weight is 520 g/mol. The van der Waals surface area contributed by atoms with Crippen LogP contribution in [0.1, 0.15) is 5.56 Å². The van der Waals surface area contributed by atoms with E-state index in [1.165, 1.54) is 4.90 Å². The normalized spacial score (nSPS) is 15.6. The predicted octanol–water partition coefficient (Wildman–Crippen LogP) is 4.55. The first-order chi connectivity index (χ1) is 16.2. The molecule has 0 atom stereocenters. The van der Waals surface area contributed by atoms with Crippen LogP contribution in [-0.2, 0) is 9.53 Å². The zero-order chi connectivity index (χ0) is 22.6. The van der Waals surface area contributed by atoms with E-state index >= 15 is 0 Å². The third kappa shape index (κ3) is 5.67. The minimum Gasteiger partial charge on any atom is -0.454 e. The lowest BCUT2D eigenvalue weighted by atomic mass is 10.2. The Kier molecular flexibility index (Phi) is 8.33. The number of thiazole rings is 1. The average Bonchev–Trinajstić information content (AvgIpc) is 3.49. The summed E-state index contributed by atoms with van der Waals surface area (Å²) in [5.41, 5.74) is 1.80. The summed E-state index contributed by atoms with van der Waals surface area (Å²) in [6.45, 7) is 4.80. The number of rotatable bonds is 7. The maximum Gasteiger partial charge on any atom is 0.252 e. The van der Waals surface area contributed by atoms with Crippen LogP contribution in [0.15, 0.2) is 47.4 Å². The number of ether oxygens (including phenoxy) is 3. The van der Waals surface area contributed by atoms with E-state index in [1.807, 2.05) is 30.3 Å². The second kappa shape index (κ2) is 11.4. The fraction of sp³-hybridized carbons (Fsp3) is 0.333. The predicted molar refractivity (Wildman–Crippen MR) is 140 cm³/mol. The van der Waals surface area contributed by atoms with Crippen molar-refractivity contribution in [2.75, 3.05) is 57.3 Å². The molecule has 2 aliphatic heterocycles. The van der Waals surface area contributed by atoms with E-state index in [0.29, 0.717) is 12.3 Å². The number of thioether (sulfide) groups is 1. The fourth-order valence-electron chi connectivity index (χ4n) is 3.78. The van der Waals surface area contributed by atoms with E-state index in [2.05, 4.69) is 23.3 Å². The van der Waals surface area contributed by atoms with Crippen LogP contribution in [0.4, 0.5) is 5.13 Å². The maximum atomic E-state index is 13.3. The van der Waals surface area contributed by atoms with E-state index in [-0.39, 0.29) is 25.1 Å². The van der Waals surface area contributed by atoms with Gasteiger partial charge in [-0.25, -0.2) is 4.98 Å². The summed E-state index contributed by atoms with van der Waals surface area (Å²) in [6.07, 6.45) is 5.48. The number of amides is 1. The Labute approximate surface area is 213 Å². The molecule has 0 N–H and O–H groups in total. The lowest BCUT2D eigenvalue weighted by Gasteiger charge is -2.28. The molecular weight excluding hydrogens is 494 g/mol. The molecule has 0 radical (unpaired) electrons. The minimum atomic E-state index is -0.0925. The number of hydrogen-bond acceptors (Lipinski definition) is 8. The molecule has 3 aromatic rings. The molecule has 2 aliphatic rings. The van der Waals surface area contributed by atoms with Crippen molar-refractivity contribution in [3.8, 4) is 11.5 Å². The van der Waals surface area contributed by atoms with Gasteiger partial charge >= 0.3 is 0 Å². The molecule has 7 nitrogen and oxygen atoms in total. The molecule has 0 bridgehead atoms. The topological polar surface area (TPSA) is 64.1 Å². The Morgan fingerprint density at radius 1 is 1.18 bits per heavy atom. The standard InChI is InChI=1S/C24H25N3O4S2.ClH/c1-32-18-4-5-19-22(15-18)33-24(25-19)27(9-8-26-10-12-29-13-11-26)23(28)7-3-17-2-6-20-21(14-17)31-16-30-20;/h2-7,14-15H,8-13,16H2,1H3;1H. The van der Waals surface area contributed by atoms with Gasteiger partial charge in [-0.3, -0.25) is 14.6 Å². The lowest BCUT2D eigenvalue weighted by molar-refractivity contribution is -0.114. The van der Waals surface area contributed by atoms with Crippen molar-refractivity contribution in [3.63, 3.8) is 0 Å². The van der Waals surface area contributed by atoms with Crippen LogP contribution in [0.3, 0.4) is 0 Å². The van der Waals surface area contributed by atoms with Gasteiger partial charge < -0.3 is 14.2 Å². The molecule has 5 rings (SSSR count). The molecule has 0 saturated carbocycles. The van der Waals surface area contributed by atoms with E-state index in [0.717, 1.165) is 59.5 Å². The molecule has 3 heterocycles. The molecular formula is C24H26ClN3O4S2. The van der Waals surface area contributed by atoms with Crippen LogP contribution < -0.4 is 14.4 Å². The fourth-order valence-corrected chi connectivity index (χ4v) is 5.33. The highest BCUT2D eigenvalue weighted by Gasteiger charge is 2.20. The zero-order valence-electron chi connectivity index (χ0n) is 18.8. The highest BCUT2D eigenvalue weighted by molar-refractivity contribution is 7.98. The van der Waals surface area contributed by atoms with E-state index in [4.69, 9.17) is 19.2 Å². The Balaban J connectivity index is 0.00000274. The van der Waals surface area contributed by atoms with Gasteiger partial charge in [0.05, 0.1) is 23.4 Å². The number of carbonyl (C=O) groups excluding carboxylic acids is 1. The third-order valence-corrected chi connectivity index (χ3v) is 7.41. The highest BCUT2D eigenvalue weighted by atomic mass is 35.5. The number of nitrogens with zero attached hydrogens (tertiary/aromatic N) is 3. The summed E-state index contributed by atoms with van der Waals surface area (Å²) in [6, 6.07) is 11.9. The molecule has 0 spiro atoms. The third-order valence-electron chi connectivity index (χ3n) is 5.64. The number of morpholine rings is 1. The number of benzene rings is 2. The lowest BCUT2D eigenvalue weighted by Crippen LogP contribution is -2.42. The summed E-state index contributed by atoms with van der Waals surface area (Å²) in [7, 11) is 0. The first-order valence-corrected chi connectivity index (χ1v) is 12.9. The molecule has 1 aromatic heterocycles. The molecule has 0 unspecified atom stereocenters. The second-order valence-electron chi connectivity index (χ2n) is 7.72. The van der Waals surface area contributed by atoms with Gasteiger partial charge in [-0.15, -0.1) is 24.2 Å². The van der Waals surface area contributed by atoms with Gasteiger partial charge in [-0.05, 0) is 48.2 Å². The number of carbonyl (C=O) groups is 1. The largest absolute Gasteiger partial charge is 0.454 e. The van der Waals surface area contributed by atoms with Gasteiger partial charge in [0.15, 0.2) is 16.6 Å². The summed E-state index contributed by atoms with van der Waals surface area (Å²) >= 11 is 3.26. The Morgan fingerprint density at radius 3 is 2.82 bits per heavy atom. The molecule has 1 fully saturated rings. The molecule has 1 amide bonds. The minimum absolute atomic E-state index is 0. The van der Waals surface area contributed by atoms with Crippen molar-refractivity contribution >= 4 is 62.8 Å². The number of halogens is 1. The van der Waals surface area contributed by atoms with Crippen LogP contribution >= 0.6 is 35.5 Å². The quantitative estimate of drug-likeness (QED) is 0.335. The van der Waals surface area contributed by atoms with Crippen LogP contribution in [0, 0.1) is 0 Å². The summed E-state index contributed by atoms with van der Waals surface area (Å²) in [5, 5.41) is 0.719. The van der Waals surface area contributed by atoms with Crippen molar-refractivity contribution in [2.45, 2.75) is 4.90 Å². The molecule has 1 saturated heterocycles. The van der Waals surface area contributed by atoms with Crippen molar-refractivity contribution in [2.24, 2.45) is 0 Å². The summed E-state index contributed by atoms with van der Waals surface area (Å²) in [4.78, 5) is 23.4. The SMILES string of the molecule is CSc1ccc2nc(N(CCN3CCOCC3)C(=O)C=Cc3ccc4c(c3)OCO4)sc2c1.Cl. The van der Waals surface area contributed by atoms with E-state index < -0.39 is 0 Å². The highest BCUT2D eigenvalue weighted by Crippen LogP contribution is 2.34. The van der Waals surface area contributed by atoms with Gasteiger partial charge in [0.25, 0.3) is 5.91 Å². The molecule has 0 aliphatic carbocycles. The van der Waals surface area contributed by atoms with E-state index in [1.54, 1.807) is 34.1 Å². The van der Waals surface area contributed by atoms with Gasteiger partial charge in [-0.2, -0.15) is 0 Å². The molecule has 10 heteroatoms. The Bertz CT molecular complexity index is 1180. The number of aromatic nitrogens is 1. The van der Waals surface area contributed by atoms with Gasteiger partial charge in [0.1, 0.15) is 0 Å². The second-order valence-corrected chi connectivity index (χ2v) is 9.61. The zero-order valence-corrected chi connectivity index (χ0v) is 21.2. The van der Waals surface area contributed by atoms with Crippen molar-refractivity contribution in [1.82, 2.24) is 9.88 Å². The van der Waals surface area contributed by atoms with Gasteiger partial charge in [0.2, 0.25) is 6.79 Å². The molecule has 2 aromatic carbocycles. The van der Waals surface area contributed by atoms with Crippen LogP contribution in [0.5, 0.6) is 11.5 Å². The van der Waals surface area contributed by atoms with Crippen molar-refractivity contribution in [1.29, 1.82) is 0 Å². The molecule has 34 heavy (non-hydrogen) atoms. The van der Waals surface area contributed by atoms with Crippen molar-refractivity contribution in [3.05, 3.63) is 48.0 Å². The number of hydrogen-bond donors (Lipinski definition) is 0. The Hall–Kier alpha value is -2.30. The van der Waals surface area contributed by atoms with Crippen molar-refractivity contribution < 1.29 is 19.0 Å². The number of anilines is 1. The van der Waals surface area contributed by atoms with Gasteiger partial charge in [0, 0.05) is 37.2 Å². The van der Waals surface area contributed by atoms with Crippen LogP contribution in [0.25, 0.3) is 16.3 Å². The first kappa shape index (κ1) is 24.8. The van der Waals surface area contributed by atoms with E-state index in [9.17, 15) is 4.79 Å². The Morgan fingerprint density at radius 2 is 2.00 bits per heavy atom. The number of fused-ring (bicyclic) bond motifs is 2.